The number of hydrogen-bond acceptors (Lipinski definition) is 5. The summed E-state index contributed by atoms with van der Waals surface area (Å²) in [4.78, 5) is 11.2. The molecule has 2 unspecified atom stereocenters. The van der Waals surface area contributed by atoms with Crippen molar-refractivity contribution in [2.75, 3.05) is 6.79 Å². The molecule has 3 N–H and O–H groups in total. The molecule has 2 rings (SSSR count). The molecule has 21 heavy (non-hydrogen) atoms. The molecule has 0 radical (unpaired) electrons. The first-order chi connectivity index (χ1) is 10.0. The van der Waals surface area contributed by atoms with Crippen LogP contribution in [0.4, 0.5) is 0 Å². The molecule has 1 aliphatic heterocycles. The van der Waals surface area contributed by atoms with E-state index < -0.39 is 12.1 Å². The van der Waals surface area contributed by atoms with Crippen molar-refractivity contribution in [3.05, 3.63) is 17.7 Å². The van der Waals surface area contributed by atoms with Gasteiger partial charge in [-0.25, -0.2) is 4.79 Å². The van der Waals surface area contributed by atoms with Crippen LogP contribution in [0.1, 0.15) is 32.3 Å². The molecular formula is C15H21NO5. The highest BCUT2D eigenvalue weighted by molar-refractivity contribution is 5.72. The smallest absolute Gasteiger partial charge is 0.344 e. The molecule has 6 nitrogen and oxygen atoms in total. The molecule has 0 aliphatic carbocycles. The van der Waals surface area contributed by atoms with Gasteiger partial charge in [-0.15, -0.1) is 0 Å². The van der Waals surface area contributed by atoms with Gasteiger partial charge in [0.1, 0.15) is 5.75 Å². The molecule has 0 saturated heterocycles. The Morgan fingerprint density at radius 3 is 2.57 bits per heavy atom. The zero-order valence-corrected chi connectivity index (χ0v) is 12.3. The lowest BCUT2D eigenvalue weighted by Gasteiger charge is -2.18. The number of benzene rings is 1. The van der Waals surface area contributed by atoms with Gasteiger partial charge in [0.2, 0.25) is 6.79 Å². The molecule has 116 valence electrons. The van der Waals surface area contributed by atoms with Crippen molar-refractivity contribution >= 4 is 5.97 Å². The highest BCUT2D eigenvalue weighted by Gasteiger charge is 2.23. The quantitative estimate of drug-likeness (QED) is 0.798. The predicted octanol–water partition coefficient (Wildman–Crippen LogP) is 1.94. The Labute approximate surface area is 123 Å². The molecule has 1 aromatic carbocycles. The molecule has 0 fully saturated rings. The average Bonchev–Trinajstić information content (AvgIpc) is 2.91. The van der Waals surface area contributed by atoms with Gasteiger partial charge in [0.25, 0.3) is 0 Å². The van der Waals surface area contributed by atoms with E-state index in [0.29, 0.717) is 30.1 Å². The van der Waals surface area contributed by atoms with Gasteiger partial charge in [-0.05, 0) is 30.9 Å². The lowest BCUT2D eigenvalue weighted by Crippen LogP contribution is -2.27. The van der Waals surface area contributed by atoms with Crippen LogP contribution in [-0.2, 0) is 11.2 Å². The summed E-state index contributed by atoms with van der Waals surface area (Å²) < 4.78 is 16.3. The second-order valence-electron chi connectivity index (χ2n) is 5.04. The minimum Gasteiger partial charge on any atom is -0.479 e. The molecule has 0 amide bonds. The van der Waals surface area contributed by atoms with Crippen LogP contribution in [0.5, 0.6) is 17.2 Å². The molecule has 6 heteroatoms. The third-order valence-electron chi connectivity index (χ3n) is 3.48. The largest absolute Gasteiger partial charge is 0.479 e. The van der Waals surface area contributed by atoms with Crippen molar-refractivity contribution in [3.8, 4) is 17.2 Å². The summed E-state index contributed by atoms with van der Waals surface area (Å²) in [6, 6.07) is 3.49. The molecule has 1 aliphatic rings. The van der Waals surface area contributed by atoms with Gasteiger partial charge in [-0.1, -0.05) is 13.8 Å². The normalized spacial score (nSPS) is 15.6. The highest BCUT2D eigenvalue weighted by Crippen LogP contribution is 2.39. The average molecular weight is 295 g/mol. The molecule has 1 heterocycles. The maximum atomic E-state index is 11.2. The molecule has 0 bridgehead atoms. The van der Waals surface area contributed by atoms with Gasteiger partial charge in [-0.3, -0.25) is 0 Å². The second kappa shape index (κ2) is 6.67. The van der Waals surface area contributed by atoms with Crippen molar-refractivity contribution in [2.24, 2.45) is 5.73 Å². The van der Waals surface area contributed by atoms with E-state index in [-0.39, 0.29) is 12.8 Å². The topological polar surface area (TPSA) is 91.0 Å². The van der Waals surface area contributed by atoms with Gasteiger partial charge in [0.05, 0.1) is 0 Å². The first-order valence-electron chi connectivity index (χ1n) is 7.12. The summed E-state index contributed by atoms with van der Waals surface area (Å²) in [7, 11) is 0. The van der Waals surface area contributed by atoms with Crippen LogP contribution in [0, 0.1) is 0 Å². The van der Waals surface area contributed by atoms with Gasteiger partial charge < -0.3 is 25.1 Å². The van der Waals surface area contributed by atoms with Crippen LogP contribution in [0.3, 0.4) is 0 Å². The van der Waals surface area contributed by atoms with E-state index in [1.165, 1.54) is 0 Å². The number of carboxylic acids is 1. The van der Waals surface area contributed by atoms with E-state index in [2.05, 4.69) is 0 Å². The fourth-order valence-electron chi connectivity index (χ4n) is 2.12. The number of hydrogen-bond donors (Lipinski definition) is 2. The van der Waals surface area contributed by atoms with Gasteiger partial charge in [0.15, 0.2) is 17.6 Å². The van der Waals surface area contributed by atoms with E-state index in [1.807, 2.05) is 13.0 Å². The number of ether oxygens (including phenoxy) is 3. The SMILES string of the molecule is CCC(N)Cc1cc2c(cc1OC(CC)C(=O)O)OCO2. The van der Waals surface area contributed by atoms with Crippen LogP contribution in [-0.4, -0.2) is 30.0 Å². The fraction of sp³-hybridized carbons (Fsp3) is 0.533. The van der Waals surface area contributed by atoms with Crippen molar-refractivity contribution in [3.63, 3.8) is 0 Å². The van der Waals surface area contributed by atoms with Gasteiger partial charge in [-0.2, -0.15) is 0 Å². The standard InChI is InChI=1S/C15H21NO5/c1-3-10(16)5-9-6-13-14(20-8-19-13)7-12(9)21-11(4-2)15(17)18/h6-7,10-11H,3-5,8,16H2,1-2H3,(H,17,18). The number of aliphatic carboxylic acids is 1. The molecular weight excluding hydrogens is 274 g/mol. The number of nitrogens with two attached hydrogens (primary N) is 1. The first-order valence-corrected chi connectivity index (χ1v) is 7.12. The Morgan fingerprint density at radius 1 is 1.33 bits per heavy atom. The minimum absolute atomic E-state index is 0.0161. The van der Waals surface area contributed by atoms with Crippen LogP contribution in [0.2, 0.25) is 0 Å². The van der Waals surface area contributed by atoms with Crippen LogP contribution < -0.4 is 19.9 Å². The lowest BCUT2D eigenvalue weighted by atomic mass is 10.0. The lowest BCUT2D eigenvalue weighted by molar-refractivity contribution is -0.145. The van der Waals surface area contributed by atoms with Crippen molar-refractivity contribution in [1.82, 2.24) is 0 Å². The predicted molar refractivity (Wildman–Crippen MR) is 76.9 cm³/mol. The van der Waals surface area contributed by atoms with E-state index in [1.54, 1.807) is 13.0 Å². The molecule has 0 saturated carbocycles. The summed E-state index contributed by atoms with van der Waals surface area (Å²) in [5.41, 5.74) is 6.84. The number of carboxylic acid groups (broad SMARTS) is 1. The van der Waals surface area contributed by atoms with E-state index in [4.69, 9.17) is 25.1 Å². The third-order valence-corrected chi connectivity index (χ3v) is 3.48. The number of carbonyl (C=O) groups is 1. The fourth-order valence-corrected chi connectivity index (χ4v) is 2.12. The van der Waals surface area contributed by atoms with E-state index in [0.717, 1.165) is 12.0 Å². The molecule has 0 aromatic heterocycles. The third kappa shape index (κ3) is 3.58. The Hall–Kier alpha value is -1.95. The highest BCUT2D eigenvalue weighted by atomic mass is 16.7. The summed E-state index contributed by atoms with van der Waals surface area (Å²) >= 11 is 0. The molecule has 2 atom stereocenters. The summed E-state index contributed by atoms with van der Waals surface area (Å²) in [6.45, 7) is 3.93. The Morgan fingerprint density at radius 2 is 2.00 bits per heavy atom. The Kier molecular flexibility index (Phi) is 4.90. The second-order valence-corrected chi connectivity index (χ2v) is 5.04. The zero-order chi connectivity index (χ0) is 15.4. The van der Waals surface area contributed by atoms with E-state index >= 15 is 0 Å². The molecule has 1 aromatic rings. The van der Waals surface area contributed by atoms with Crippen LogP contribution in [0.25, 0.3) is 0 Å². The zero-order valence-electron chi connectivity index (χ0n) is 12.3. The molecule has 0 spiro atoms. The van der Waals surface area contributed by atoms with Gasteiger partial charge in [0, 0.05) is 12.1 Å². The van der Waals surface area contributed by atoms with Crippen molar-refractivity contribution in [2.45, 2.75) is 45.3 Å². The van der Waals surface area contributed by atoms with Gasteiger partial charge >= 0.3 is 5.97 Å². The Balaban J connectivity index is 2.30. The van der Waals surface area contributed by atoms with E-state index in [9.17, 15) is 4.79 Å². The summed E-state index contributed by atoms with van der Waals surface area (Å²) in [5, 5.41) is 9.14. The van der Waals surface area contributed by atoms with Crippen LogP contribution in [0.15, 0.2) is 12.1 Å². The maximum Gasteiger partial charge on any atom is 0.344 e. The first kappa shape index (κ1) is 15.4. The minimum atomic E-state index is -0.985. The van der Waals surface area contributed by atoms with Crippen molar-refractivity contribution in [1.29, 1.82) is 0 Å². The summed E-state index contributed by atoms with van der Waals surface area (Å²) in [6.07, 6.45) is 0.910. The van der Waals surface area contributed by atoms with Crippen molar-refractivity contribution < 1.29 is 24.1 Å². The number of fused-ring (bicyclic) bond motifs is 1. The van der Waals surface area contributed by atoms with Crippen LogP contribution >= 0.6 is 0 Å². The Bertz CT molecular complexity index is 517. The number of rotatable bonds is 7. The maximum absolute atomic E-state index is 11.2. The summed E-state index contributed by atoms with van der Waals surface area (Å²) in [5.74, 6) is 0.724. The monoisotopic (exact) mass is 295 g/mol.